The third-order valence-corrected chi connectivity index (χ3v) is 6.68. The summed E-state index contributed by atoms with van der Waals surface area (Å²) >= 11 is 0. The number of hydrogen-bond donors (Lipinski definition) is 1. The summed E-state index contributed by atoms with van der Waals surface area (Å²) in [7, 11) is 0. The van der Waals surface area contributed by atoms with Crippen LogP contribution in [0.4, 0.5) is 0 Å². The zero-order chi connectivity index (χ0) is 14.2. The molecule has 1 heterocycles. The molecule has 0 aromatic rings. The second-order valence-corrected chi connectivity index (χ2v) is 7.90. The van der Waals surface area contributed by atoms with Crippen LogP contribution < -0.4 is 5.73 Å². The summed E-state index contributed by atoms with van der Waals surface area (Å²) in [4.78, 5) is 2.75. The molecule has 2 N–H and O–H groups in total. The average Bonchev–Trinajstić information content (AvgIpc) is 2.36. The number of likely N-dealkylation sites (tertiary alicyclic amines) is 1. The van der Waals surface area contributed by atoms with Gasteiger partial charge in [-0.3, -0.25) is 0 Å². The van der Waals surface area contributed by atoms with Crippen molar-refractivity contribution in [3.8, 4) is 0 Å². The number of hydrogen-bond acceptors (Lipinski definition) is 2. The molecule has 0 bridgehead atoms. The molecule has 0 radical (unpaired) electrons. The van der Waals surface area contributed by atoms with Gasteiger partial charge < -0.3 is 10.6 Å². The number of rotatable bonds is 2. The van der Waals surface area contributed by atoms with Crippen molar-refractivity contribution in [1.82, 2.24) is 4.90 Å². The van der Waals surface area contributed by atoms with E-state index in [1.165, 1.54) is 38.8 Å². The molecule has 1 saturated carbocycles. The molecule has 19 heavy (non-hydrogen) atoms. The molecule has 2 aliphatic rings. The Balaban J connectivity index is 2.02. The summed E-state index contributed by atoms with van der Waals surface area (Å²) in [5, 5.41) is 0. The van der Waals surface area contributed by atoms with Crippen molar-refractivity contribution in [3.63, 3.8) is 0 Å². The Morgan fingerprint density at radius 1 is 1.11 bits per heavy atom. The summed E-state index contributed by atoms with van der Waals surface area (Å²) in [5.41, 5.74) is 6.67. The van der Waals surface area contributed by atoms with Crippen LogP contribution in [0.2, 0.25) is 0 Å². The largest absolute Gasteiger partial charge is 0.327 e. The Morgan fingerprint density at radius 2 is 1.79 bits per heavy atom. The molecule has 0 spiro atoms. The minimum absolute atomic E-state index is 0.387. The van der Waals surface area contributed by atoms with Gasteiger partial charge in [0.15, 0.2) is 0 Å². The van der Waals surface area contributed by atoms with E-state index < -0.39 is 0 Å². The van der Waals surface area contributed by atoms with Gasteiger partial charge in [-0.25, -0.2) is 0 Å². The Labute approximate surface area is 120 Å². The van der Waals surface area contributed by atoms with Crippen molar-refractivity contribution in [2.24, 2.45) is 28.9 Å². The van der Waals surface area contributed by atoms with E-state index in [4.69, 9.17) is 5.73 Å². The summed E-state index contributed by atoms with van der Waals surface area (Å²) in [6.07, 6.45) is 5.32. The standard InChI is InChI=1S/C17H34N2/c1-12-7-6-10-19(14(12)3)11-15-8-9-16(18)13(2)17(15,4)5/h12-16H,6-11,18H2,1-5H3. The SMILES string of the molecule is CC1CCCN(CC2CCC(N)C(C)C2(C)C)C1C. The van der Waals surface area contributed by atoms with E-state index in [2.05, 4.69) is 39.5 Å². The van der Waals surface area contributed by atoms with Crippen LogP contribution in [-0.2, 0) is 0 Å². The Morgan fingerprint density at radius 3 is 2.47 bits per heavy atom. The monoisotopic (exact) mass is 266 g/mol. The molecule has 5 atom stereocenters. The van der Waals surface area contributed by atoms with Gasteiger partial charge in [-0.1, -0.05) is 27.7 Å². The molecule has 1 saturated heterocycles. The second-order valence-electron chi connectivity index (χ2n) is 7.90. The van der Waals surface area contributed by atoms with Gasteiger partial charge in [0.05, 0.1) is 0 Å². The van der Waals surface area contributed by atoms with Gasteiger partial charge in [0.25, 0.3) is 0 Å². The van der Waals surface area contributed by atoms with Crippen LogP contribution in [0.1, 0.15) is 60.3 Å². The van der Waals surface area contributed by atoms with Gasteiger partial charge >= 0.3 is 0 Å². The minimum atomic E-state index is 0.387. The normalized spacial score (nSPS) is 44.2. The van der Waals surface area contributed by atoms with Crippen LogP contribution in [0.15, 0.2) is 0 Å². The molecule has 0 aromatic heterocycles. The second kappa shape index (κ2) is 5.73. The van der Waals surface area contributed by atoms with Gasteiger partial charge in [-0.05, 0) is 62.3 Å². The molecule has 0 aromatic carbocycles. The highest BCUT2D eigenvalue weighted by atomic mass is 15.2. The summed E-state index contributed by atoms with van der Waals surface area (Å²) in [5.74, 6) is 2.32. The predicted octanol–water partition coefficient (Wildman–Crippen LogP) is 3.51. The molecular weight excluding hydrogens is 232 g/mol. The maximum absolute atomic E-state index is 6.28. The third kappa shape index (κ3) is 3.00. The van der Waals surface area contributed by atoms with Gasteiger partial charge in [0.1, 0.15) is 0 Å². The summed E-state index contributed by atoms with van der Waals surface area (Å²) in [6.45, 7) is 14.7. The average molecular weight is 266 g/mol. The highest BCUT2D eigenvalue weighted by Crippen LogP contribution is 2.45. The van der Waals surface area contributed by atoms with Gasteiger partial charge in [0, 0.05) is 18.6 Å². The van der Waals surface area contributed by atoms with E-state index >= 15 is 0 Å². The first-order chi connectivity index (χ1) is 8.84. The smallest absolute Gasteiger partial charge is 0.00926 e. The van der Waals surface area contributed by atoms with Crippen molar-refractivity contribution in [2.75, 3.05) is 13.1 Å². The summed E-state index contributed by atoms with van der Waals surface area (Å²) < 4.78 is 0. The van der Waals surface area contributed by atoms with E-state index in [1.807, 2.05) is 0 Å². The third-order valence-electron chi connectivity index (χ3n) is 6.68. The Hall–Kier alpha value is -0.0800. The first kappa shape index (κ1) is 15.3. The maximum Gasteiger partial charge on any atom is 0.00926 e. The lowest BCUT2D eigenvalue weighted by Gasteiger charge is -2.50. The predicted molar refractivity (Wildman–Crippen MR) is 83.1 cm³/mol. The fraction of sp³-hybridized carbons (Fsp3) is 1.00. The van der Waals surface area contributed by atoms with Crippen molar-refractivity contribution in [2.45, 2.75) is 72.4 Å². The summed E-state index contributed by atoms with van der Waals surface area (Å²) in [6, 6.07) is 1.17. The lowest BCUT2D eigenvalue weighted by molar-refractivity contribution is 0.00396. The van der Waals surface area contributed by atoms with Crippen molar-refractivity contribution < 1.29 is 0 Å². The van der Waals surface area contributed by atoms with Crippen LogP contribution in [0.25, 0.3) is 0 Å². The van der Waals surface area contributed by atoms with Crippen molar-refractivity contribution in [3.05, 3.63) is 0 Å². The first-order valence-corrected chi connectivity index (χ1v) is 8.33. The van der Waals surface area contributed by atoms with Crippen LogP contribution in [-0.4, -0.2) is 30.1 Å². The number of piperidine rings is 1. The molecule has 0 amide bonds. The molecule has 2 rings (SSSR count). The quantitative estimate of drug-likeness (QED) is 0.829. The lowest BCUT2D eigenvalue weighted by atomic mass is 9.61. The topological polar surface area (TPSA) is 29.3 Å². The van der Waals surface area contributed by atoms with E-state index in [-0.39, 0.29) is 0 Å². The highest BCUT2D eigenvalue weighted by Gasteiger charge is 2.42. The lowest BCUT2D eigenvalue weighted by Crippen LogP contribution is -2.52. The van der Waals surface area contributed by atoms with E-state index in [1.54, 1.807) is 0 Å². The van der Waals surface area contributed by atoms with E-state index in [0.29, 0.717) is 17.4 Å². The first-order valence-electron chi connectivity index (χ1n) is 8.33. The molecule has 5 unspecified atom stereocenters. The van der Waals surface area contributed by atoms with Gasteiger partial charge in [-0.15, -0.1) is 0 Å². The van der Waals surface area contributed by atoms with Crippen LogP contribution >= 0.6 is 0 Å². The number of nitrogens with zero attached hydrogens (tertiary/aromatic N) is 1. The number of nitrogens with two attached hydrogens (primary N) is 1. The van der Waals surface area contributed by atoms with Crippen LogP contribution in [0.3, 0.4) is 0 Å². The van der Waals surface area contributed by atoms with E-state index in [9.17, 15) is 0 Å². The van der Waals surface area contributed by atoms with Gasteiger partial charge in [-0.2, -0.15) is 0 Å². The van der Waals surface area contributed by atoms with Crippen LogP contribution in [0, 0.1) is 23.2 Å². The van der Waals surface area contributed by atoms with Crippen molar-refractivity contribution in [1.29, 1.82) is 0 Å². The molecule has 2 nitrogen and oxygen atoms in total. The molecule has 1 aliphatic heterocycles. The minimum Gasteiger partial charge on any atom is -0.327 e. The van der Waals surface area contributed by atoms with Crippen molar-refractivity contribution >= 4 is 0 Å². The maximum atomic E-state index is 6.28. The Bertz CT molecular complexity index is 300. The molecule has 112 valence electrons. The Kier molecular flexibility index (Phi) is 4.62. The van der Waals surface area contributed by atoms with Gasteiger partial charge in [0.2, 0.25) is 0 Å². The molecule has 1 aliphatic carbocycles. The fourth-order valence-corrected chi connectivity index (χ4v) is 4.23. The van der Waals surface area contributed by atoms with E-state index in [0.717, 1.165) is 17.9 Å². The molecular formula is C17H34N2. The zero-order valence-electron chi connectivity index (χ0n) is 13.7. The molecule has 2 heteroatoms. The highest BCUT2D eigenvalue weighted by molar-refractivity contribution is 4.95. The fourth-order valence-electron chi connectivity index (χ4n) is 4.23. The zero-order valence-corrected chi connectivity index (χ0v) is 13.7. The van der Waals surface area contributed by atoms with Crippen LogP contribution in [0.5, 0.6) is 0 Å². The molecule has 2 fully saturated rings.